The van der Waals surface area contributed by atoms with E-state index < -0.39 is 10.0 Å². The second-order valence-electron chi connectivity index (χ2n) is 5.49. The molecule has 1 saturated carbocycles. The summed E-state index contributed by atoms with van der Waals surface area (Å²) < 4.78 is 28.6. The van der Waals surface area contributed by atoms with Crippen LogP contribution in [-0.2, 0) is 10.0 Å². The van der Waals surface area contributed by atoms with Crippen LogP contribution in [0.4, 0.5) is 0 Å². The van der Waals surface area contributed by atoms with Gasteiger partial charge in [-0.1, -0.05) is 48.2 Å². The van der Waals surface area contributed by atoms with Crippen LogP contribution in [0.2, 0.25) is 0 Å². The van der Waals surface area contributed by atoms with Crippen LogP contribution in [0.25, 0.3) is 0 Å². The fourth-order valence-electron chi connectivity index (χ4n) is 2.95. The van der Waals surface area contributed by atoms with Crippen molar-refractivity contribution >= 4 is 26.0 Å². The highest BCUT2D eigenvalue weighted by Gasteiger charge is 2.27. The molecule has 0 spiro atoms. The summed E-state index contributed by atoms with van der Waals surface area (Å²) in [5.41, 5.74) is 0. The standard InChI is InChI=1S/C15H22BrNO2S/c1-2-15(12-7-4-3-5-8-12)17-20(18,19)14-10-6-9-13(16)11-14/h6,9-12,15,17H,2-5,7-8H2,1H3. The molecule has 0 aromatic heterocycles. The Kier molecular flexibility index (Phi) is 5.64. The lowest BCUT2D eigenvalue weighted by atomic mass is 9.83. The zero-order valence-corrected chi connectivity index (χ0v) is 14.2. The first kappa shape index (κ1) is 16.0. The summed E-state index contributed by atoms with van der Waals surface area (Å²) in [6.45, 7) is 2.06. The van der Waals surface area contributed by atoms with E-state index in [2.05, 4.69) is 27.6 Å². The molecule has 1 N–H and O–H groups in total. The second-order valence-corrected chi connectivity index (χ2v) is 8.12. The highest BCUT2D eigenvalue weighted by molar-refractivity contribution is 9.10. The van der Waals surface area contributed by atoms with Gasteiger partial charge in [0.15, 0.2) is 0 Å². The topological polar surface area (TPSA) is 46.2 Å². The molecule has 5 heteroatoms. The largest absolute Gasteiger partial charge is 0.240 e. The normalized spacial score (nSPS) is 18.9. The van der Waals surface area contributed by atoms with E-state index in [-0.39, 0.29) is 6.04 Å². The highest BCUT2D eigenvalue weighted by atomic mass is 79.9. The SMILES string of the molecule is CCC(NS(=O)(=O)c1cccc(Br)c1)C1CCCCC1. The van der Waals surface area contributed by atoms with Gasteiger partial charge in [0.1, 0.15) is 0 Å². The first-order chi connectivity index (χ1) is 9.53. The van der Waals surface area contributed by atoms with E-state index >= 15 is 0 Å². The molecular formula is C15H22BrNO2S. The third kappa shape index (κ3) is 4.06. The monoisotopic (exact) mass is 359 g/mol. The minimum atomic E-state index is -3.42. The number of rotatable bonds is 5. The third-order valence-corrected chi connectivity index (χ3v) is 6.05. The number of hydrogen-bond acceptors (Lipinski definition) is 2. The minimum absolute atomic E-state index is 0.0549. The van der Waals surface area contributed by atoms with Crippen LogP contribution in [0.5, 0.6) is 0 Å². The average molecular weight is 360 g/mol. The van der Waals surface area contributed by atoms with Crippen molar-refractivity contribution in [3.05, 3.63) is 28.7 Å². The Labute approximate surface area is 130 Å². The van der Waals surface area contributed by atoms with E-state index in [1.54, 1.807) is 18.2 Å². The second kappa shape index (κ2) is 7.05. The fourth-order valence-corrected chi connectivity index (χ4v) is 4.94. The van der Waals surface area contributed by atoms with Crippen molar-refractivity contribution < 1.29 is 8.42 Å². The Morgan fingerprint density at radius 3 is 2.60 bits per heavy atom. The highest BCUT2D eigenvalue weighted by Crippen LogP contribution is 2.28. The van der Waals surface area contributed by atoms with Gasteiger partial charge in [-0.05, 0) is 43.4 Å². The molecule has 0 heterocycles. The predicted octanol–water partition coefficient (Wildman–Crippen LogP) is 4.09. The quantitative estimate of drug-likeness (QED) is 0.860. The van der Waals surface area contributed by atoms with E-state index in [1.807, 2.05) is 6.07 Å². The Bertz CT molecular complexity index is 539. The molecule has 1 aliphatic carbocycles. The van der Waals surface area contributed by atoms with Crippen molar-refractivity contribution in [2.75, 3.05) is 0 Å². The zero-order valence-electron chi connectivity index (χ0n) is 11.8. The van der Waals surface area contributed by atoms with Crippen LogP contribution in [-0.4, -0.2) is 14.5 Å². The van der Waals surface area contributed by atoms with E-state index in [4.69, 9.17) is 0 Å². The summed E-state index contributed by atoms with van der Waals surface area (Å²) >= 11 is 3.32. The van der Waals surface area contributed by atoms with Gasteiger partial charge < -0.3 is 0 Å². The van der Waals surface area contributed by atoms with Gasteiger partial charge in [-0.3, -0.25) is 0 Å². The lowest BCUT2D eigenvalue weighted by molar-refractivity contribution is 0.285. The number of benzene rings is 1. The fraction of sp³-hybridized carbons (Fsp3) is 0.600. The van der Waals surface area contributed by atoms with Gasteiger partial charge in [0, 0.05) is 10.5 Å². The Balaban J connectivity index is 2.13. The molecule has 2 rings (SSSR count). The van der Waals surface area contributed by atoms with Gasteiger partial charge in [-0.25, -0.2) is 13.1 Å². The van der Waals surface area contributed by atoms with Crippen molar-refractivity contribution in [3.8, 4) is 0 Å². The Hall–Kier alpha value is -0.390. The maximum atomic E-state index is 12.5. The number of sulfonamides is 1. The molecule has 0 bridgehead atoms. The smallest absolute Gasteiger partial charge is 0.208 e. The van der Waals surface area contributed by atoms with Crippen LogP contribution in [0.3, 0.4) is 0 Å². The molecular weight excluding hydrogens is 338 g/mol. The predicted molar refractivity (Wildman–Crippen MR) is 85.1 cm³/mol. The summed E-state index contributed by atoms with van der Waals surface area (Å²) in [6.07, 6.45) is 6.85. The maximum Gasteiger partial charge on any atom is 0.240 e. The summed E-state index contributed by atoms with van der Waals surface area (Å²) in [4.78, 5) is 0.334. The van der Waals surface area contributed by atoms with E-state index in [9.17, 15) is 8.42 Å². The number of halogens is 1. The zero-order chi connectivity index (χ0) is 14.6. The molecule has 20 heavy (non-hydrogen) atoms. The summed E-state index contributed by atoms with van der Waals surface area (Å²) in [5, 5.41) is 0. The van der Waals surface area contributed by atoms with Crippen LogP contribution in [0.1, 0.15) is 45.4 Å². The van der Waals surface area contributed by atoms with Crippen molar-refractivity contribution in [1.29, 1.82) is 0 Å². The Morgan fingerprint density at radius 1 is 1.30 bits per heavy atom. The molecule has 1 aromatic rings. The minimum Gasteiger partial charge on any atom is -0.208 e. The lowest BCUT2D eigenvalue weighted by Gasteiger charge is -2.30. The van der Waals surface area contributed by atoms with E-state index in [1.165, 1.54) is 19.3 Å². The summed E-state index contributed by atoms with van der Waals surface area (Å²) in [6, 6.07) is 6.92. The third-order valence-electron chi connectivity index (χ3n) is 4.07. The lowest BCUT2D eigenvalue weighted by Crippen LogP contribution is -2.40. The van der Waals surface area contributed by atoms with Crippen LogP contribution < -0.4 is 4.72 Å². The van der Waals surface area contributed by atoms with E-state index in [0.29, 0.717) is 10.8 Å². The van der Waals surface area contributed by atoms with Gasteiger partial charge in [0.05, 0.1) is 4.90 Å². The summed E-state index contributed by atoms with van der Waals surface area (Å²) in [7, 11) is -3.42. The van der Waals surface area contributed by atoms with Crippen molar-refractivity contribution in [3.63, 3.8) is 0 Å². The van der Waals surface area contributed by atoms with Gasteiger partial charge >= 0.3 is 0 Å². The van der Waals surface area contributed by atoms with Crippen molar-refractivity contribution in [2.45, 2.75) is 56.4 Å². The first-order valence-electron chi connectivity index (χ1n) is 7.31. The van der Waals surface area contributed by atoms with Gasteiger partial charge in [-0.2, -0.15) is 0 Å². The molecule has 1 aromatic carbocycles. The Morgan fingerprint density at radius 2 is 2.00 bits per heavy atom. The summed E-state index contributed by atoms with van der Waals surface area (Å²) in [5.74, 6) is 0.482. The molecule has 1 aliphatic rings. The molecule has 1 unspecified atom stereocenters. The maximum absolute atomic E-state index is 12.5. The molecule has 0 radical (unpaired) electrons. The number of hydrogen-bond donors (Lipinski definition) is 1. The van der Waals surface area contributed by atoms with Crippen molar-refractivity contribution in [1.82, 2.24) is 4.72 Å². The molecule has 1 fully saturated rings. The van der Waals surface area contributed by atoms with Gasteiger partial charge in [-0.15, -0.1) is 0 Å². The molecule has 3 nitrogen and oxygen atoms in total. The van der Waals surface area contributed by atoms with Gasteiger partial charge in [0.2, 0.25) is 10.0 Å². The van der Waals surface area contributed by atoms with Crippen LogP contribution in [0, 0.1) is 5.92 Å². The number of nitrogens with one attached hydrogen (secondary N) is 1. The molecule has 0 amide bonds. The van der Waals surface area contributed by atoms with E-state index in [0.717, 1.165) is 23.7 Å². The van der Waals surface area contributed by atoms with Crippen molar-refractivity contribution in [2.24, 2.45) is 5.92 Å². The molecule has 0 aliphatic heterocycles. The van der Waals surface area contributed by atoms with Gasteiger partial charge in [0.25, 0.3) is 0 Å². The van der Waals surface area contributed by atoms with Crippen LogP contribution >= 0.6 is 15.9 Å². The molecule has 112 valence electrons. The first-order valence-corrected chi connectivity index (χ1v) is 9.58. The average Bonchev–Trinajstić information content (AvgIpc) is 2.46. The molecule has 1 atom stereocenters. The molecule has 0 saturated heterocycles. The van der Waals surface area contributed by atoms with Crippen LogP contribution in [0.15, 0.2) is 33.6 Å².